The molecule has 0 aromatic heterocycles. The molecule has 0 spiro atoms. The van der Waals surface area contributed by atoms with Crippen LogP contribution in [0.5, 0.6) is 0 Å². The summed E-state index contributed by atoms with van der Waals surface area (Å²) in [5, 5.41) is 3.72. The first-order valence-corrected chi connectivity index (χ1v) is 6.54. The van der Waals surface area contributed by atoms with E-state index in [1.165, 1.54) is 23.9 Å². The molecule has 0 radical (unpaired) electrons. The highest BCUT2D eigenvalue weighted by atomic mass is 32.2. The van der Waals surface area contributed by atoms with Gasteiger partial charge >= 0.3 is 0 Å². The van der Waals surface area contributed by atoms with Crippen molar-refractivity contribution in [2.45, 2.75) is 0 Å². The fourth-order valence-electron chi connectivity index (χ4n) is 0.457. The van der Waals surface area contributed by atoms with Gasteiger partial charge in [-0.15, -0.1) is 11.4 Å². The molecule has 2 aliphatic rings. The first kappa shape index (κ1) is 15.2. The summed E-state index contributed by atoms with van der Waals surface area (Å²) in [6.07, 6.45) is 13.1. The van der Waals surface area contributed by atoms with E-state index in [9.17, 15) is 0 Å². The molecular formula is C8H8N2O3S3. The van der Waals surface area contributed by atoms with E-state index in [1.807, 2.05) is 35.4 Å². The SMILES string of the molecule is O=S([O-])[O-].[C+]1=CSNC=C1.[C+]1=CSNC=C1. The molecule has 0 aromatic rings. The van der Waals surface area contributed by atoms with Crippen molar-refractivity contribution >= 4 is 35.3 Å². The minimum atomic E-state index is -3.11. The van der Waals surface area contributed by atoms with Gasteiger partial charge in [0.05, 0.1) is 0 Å². The van der Waals surface area contributed by atoms with Crippen LogP contribution in [0.3, 0.4) is 0 Å². The van der Waals surface area contributed by atoms with Crippen LogP contribution in [0.1, 0.15) is 0 Å². The second-order valence-electron chi connectivity index (χ2n) is 1.91. The van der Waals surface area contributed by atoms with Gasteiger partial charge in [-0.25, -0.2) is 0 Å². The summed E-state index contributed by atoms with van der Waals surface area (Å²) < 4.78 is 31.1. The molecule has 2 heterocycles. The van der Waals surface area contributed by atoms with Crippen LogP contribution in [-0.4, -0.2) is 13.3 Å². The molecule has 0 atom stereocenters. The third-order valence-corrected chi connectivity index (χ3v) is 1.94. The Morgan fingerprint density at radius 1 is 1.00 bits per heavy atom. The van der Waals surface area contributed by atoms with Crippen molar-refractivity contribution < 1.29 is 13.3 Å². The van der Waals surface area contributed by atoms with Gasteiger partial charge in [0, 0.05) is 23.9 Å². The van der Waals surface area contributed by atoms with Gasteiger partial charge in [0.25, 0.3) is 0 Å². The van der Waals surface area contributed by atoms with Crippen LogP contribution in [0.25, 0.3) is 0 Å². The van der Waals surface area contributed by atoms with E-state index < -0.39 is 11.4 Å². The number of hydrogen-bond acceptors (Lipinski definition) is 7. The standard InChI is InChI=1S/2C4H4NS.H2O3S/c2*1-2-4-6-5-3-1;1-4(2)3/h2*1,3-5H;(H2,1,2,3)/q2*+1;/p-2. The van der Waals surface area contributed by atoms with Gasteiger partial charge < -0.3 is 9.11 Å². The molecule has 0 saturated carbocycles. The lowest BCUT2D eigenvalue weighted by atomic mass is 10.6. The maximum absolute atomic E-state index is 8.44. The number of hydrogen-bond donors (Lipinski definition) is 2. The van der Waals surface area contributed by atoms with E-state index in [4.69, 9.17) is 13.3 Å². The van der Waals surface area contributed by atoms with Crippen LogP contribution in [0.4, 0.5) is 0 Å². The van der Waals surface area contributed by atoms with E-state index in [0.29, 0.717) is 0 Å². The maximum Gasteiger partial charge on any atom is 0.178 e. The molecule has 0 saturated heterocycles. The predicted molar refractivity (Wildman–Crippen MR) is 65.1 cm³/mol. The zero-order valence-electron chi connectivity index (χ0n) is 7.91. The predicted octanol–water partition coefficient (Wildman–Crippen LogP) is 1.13. The first-order valence-electron chi connectivity index (χ1n) is 3.78. The van der Waals surface area contributed by atoms with Crippen LogP contribution in [0.15, 0.2) is 35.4 Å². The van der Waals surface area contributed by atoms with Crippen molar-refractivity contribution in [1.82, 2.24) is 9.44 Å². The summed E-state index contributed by atoms with van der Waals surface area (Å²) in [4.78, 5) is 0. The molecular weight excluding hydrogens is 268 g/mol. The highest BCUT2D eigenvalue weighted by Gasteiger charge is 1.87. The first-order chi connectivity index (χ1) is 7.73. The Kier molecular flexibility index (Phi) is 11.6. The normalized spacial score (nSPS) is 14.2. The van der Waals surface area contributed by atoms with Gasteiger partial charge in [0.2, 0.25) is 0 Å². The van der Waals surface area contributed by atoms with Gasteiger partial charge in [-0.1, -0.05) is 0 Å². The average molecular weight is 276 g/mol. The summed E-state index contributed by atoms with van der Waals surface area (Å²) in [7, 11) is 0. The van der Waals surface area contributed by atoms with Gasteiger partial charge in [-0.2, -0.15) is 0 Å². The summed E-state index contributed by atoms with van der Waals surface area (Å²) >= 11 is -0.0671. The lowest BCUT2D eigenvalue weighted by Gasteiger charge is -2.03. The molecule has 86 valence electrons. The zero-order valence-corrected chi connectivity index (χ0v) is 10.4. The largest absolute Gasteiger partial charge is 0.784 e. The minimum absolute atomic E-state index is 1.52. The Bertz CT molecular complexity index is 251. The monoisotopic (exact) mass is 276 g/mol. The Balaban J connectivity index is 0.000000217. The maximum atomic E-state index is 8.44. The minimum Gasteiger partial charge on any atom is -0.784 e. The van der Waals surface area contributed by atoms with Crippen molar-refractivity contribution in [2.24, 2.45) is 0 Å². The van der Waals surface area contributed by atoms with Crippen molar-refractivity contribution in [3.8, 4) is 0 Å². The highest BCUT2D eigenvalue weighted by Crippen LogP contribution is 1.98. The van der Waals surface area contributed by atoms with Gasteiger partial charge in [0.15, 0.2) is 12.2 Å². The lowest BCUT2D eigenvalue weighted by Crippen LogP contribution is -1.88. The molecule has 2 rings (SSSR count). The van der Waals surface area contributed by atoms with Crippen LogP contribution in [-0.2, 0) is 11.4 Å². The Morgan fingerprint density at radius 2 is 1.38 bits per heavy atom. The number of allylic oxidation sites excluding steroid dienone is 4. The smallest absolute Gasteiger partial charge is 0.178 e. The lowest BCUT2D eigenvalue weighted by molar-refractivity contribution is 0.419. The second kappa shape index (κ2) is 12.2. The van der Waals surface area contributed by atoms with Crippen molar-refractivity contribution in [3.05, 3.63) is 47.5 Å². The van der Waals surface area contributed by atoms with E-state index in [-0.39, 0.29) is 0 Å². The van der Waals surface area contributed by atoms with Crippen molar-refractivity contribution in [3.63, 3.8) is 0 Å². The van der Waals surface area contributed by atoms with Crippen LogP contribution < -0.4 is 9.44 Å². The molecule has 2 aliphatic heterocycles. The summed E-state index contributed by atoms with van der Waals surface area (Å²) in [5.74, 6) is 0. The summed E-state index contributed by atoms with van der Waals surface area (Å²) in [6.45, 7) is 0. The molecule has 0 bridgehead atoms. The van der Waals surface area contributed by atoms with Crippen molar-refractivity contribution in [2.75, 3.05) is 0 Å². The summed E-state index contributed by atoms with van der Waals surface area (Å²) in [6, 6.07) is 0. The van der Waals surface area contributed by atoms with E-state index in [2.05, 4.69) is 21.6 Å². The molecule has 0 aromatic carbocycles. The third kappa shape index (κ3) is 15.6. The van der Waals surface area contributed by atoms with Gasteiger partial charge in [0.1, 0.15) is 35.4 Å². The molecule has 0 aliphatic carbocycles. The van der Waals surface area contributed by atoms with Crippen molar-refractivity contribution in [1.29, 1.82) is 0 Å². The average Bonchev–Trinajstić information content (AvgIpc) is 2.34. The molecule has 5 nitrogen and oxygen atoms in total. The van der Waals surface area contributed by atoms with Crippen LogP contribution in [0.2, 0.25) is 0 Å². The molecule has 2 N–H and O–H groups in total. The molecule has 8 heteroatoms. The zero-order chi connectivity index (χ0) is 12.1. The Labute approximate surface area is 106 Å². The Hall–Kier alpha value is -0.850. The molecule has 0 unspecified atom stereocenters. The second-order valence-corrected chi connectivity index (χ2v) is 3.73. The van der Waals surface area contributed by atoms with Crippen LogP contribution in [0, 0.1) is 12.2 Å². The van der Waals surface area contributed by atoms with Gasteiger partial charge in [-0.05, 0) is 0 Å². The van der Waals surface area contributed by atoms with Crippen LogP contribution >= 0.6 is 23.9 Å². The summed E-state index contributed by atoms with van der Waals surface area (Å²) in [5.41, 5.74) is 0. The van der Waals surface area contributed by atoms with E-state index in [0.717, 1.165) is 0 Å². The molecule has 0 fully saturated rings. The molecule has 0 amide bonds. The topological polar surface area (TPSA) is 87.2 Å². The highest BCUT2D eigenvalue weighted by molar-refractivity contribution is 8.00. The van der Waals surface area contributed by atoms with Gasteiger partial charge in [-0.3, -0.25) is 13.7 Å². The molecule has 16 heavy (non-hydrogen) atoms. The fraction of sp³-hybridized carbons (Fsp3) is 0. The number of rotatable bonds is 0. The van der Waals surface area contributed by atoms with E-state index >= 15 is 0 Å². The quantitative estimate of drug-likeness (QED) is 0.389. The third-order valence-electron chi connectivity index (χ3n) is 0.885. The fourth-order valence-corrected chi connectivity index (χ4v) is 1.18. The number of nitrogens with one attached hydrogen (secondary N) is 2. The van der Waals surface area contributed by atoms with E-state index in [1.54, 1.807) is 0 Å². The Morgan fingerprint density at radius 3 is 1.44 bits per heavy atom.